The van der Waals surface area contributed by atoms with Crippen LogP contribution in [0.5, 0.6) is 5.75 Å². The molecule has 8 heteroatoms. The number of nitrogens with one attached hydrogen (secondary N) is 2. The zero-order chi connectivity index (χ0) is 25.2. The van der Waals surface area contributed by atoms with Crippen LogP contribution in [-0.4, -0.2) is 37.8 Å². The molecule has 0 saturated carbocycles. The van der Waals surface area contributed by atoms with Gasteiger partial charge in [-0.2, -0.15) is 5.10 Å². The van der Waals surface area contributed by atoms with E-state index in [1.54, 1.807) is 18.5 Å². The second-order valence-corrected chi connectivity index (χ2v) is 8.93. The molecule has 182 valence electrons. The van der Waals surface area contributed by atoms with Crippen LogP contribution in [0.2, 0.25) is 0 Å². The fourth-order valence-electron chi connectivity index (χ4n) is 4.41. The number of fused-ring (bicyclic) bond motifs is 2. The number of para-hydroxylation sites is 1. The fourth-order valence-corrected chi connectivity index (χ4v) is 4.41. The summed E-state index contributed by atoms with van der Waals surface area (Å²) in [6.07, 6.45) is 4.21. The van der Waals surface area contributed by atoms with Crippen molar-refractivity contribution in [3.05, 3.63) is 107 Å². The molecule has 0 bridgehead atoms. The Labute approximate surface area is 212 Å². The smallest absolute Gasteiger partial charge is 0.259 e. The van der Waals surface area contributed by atoms with Gasteiger partial charge in [0, 0.05) is 23.2 Å². The van der Waals surface area contributed by atoms with Crippen LogP contribution in [0.1, 0.15) is 5.56 Å². The molecule has 37 heavy (non-hydrogen) atoms. The molecule has 8 nitrogen and oxygen atoms in total. The predicted molar refractivity (Wildman–Crippen MR) is 144 cm³/mol. The summed E-state index contributed by atoms with van der Waals surface area (Å²) in [7, 11) is 0. The molecule has 0 spiro atoms. The fraction of sp³-hybridized carbons (Fsp3) is 0.103. The molecule has 0 fully saturated rings. The Bertz CT molecular complexity index is 1760. The number of nitrogens with zero attached hydrogens (tertiary/aromatic N) is 3. The highest BCUT2D eigenvalue weighted by atomic mass is 16.5. The molecule has 0 radical (unpaired) electrons. The Morgan fingerprint density at radius 2 is 1.73 bits per heavy atom. The van der Waals surface area contributed by atoms with E-state index in [9.17, 15) is 4.79 Å². The van der Waals surface area contributed by atoms with Gasteiger partial charge in [0.25, 0.3) is 5.56 Å². The maximum Gasteiger partial charge on any atom is 0.259 e. The van der Waals surface area contributed by atoms with Crippen LogP contribution in [0.25, 0.3) is 44.5 Å². The molecule has 0 amide bonds. The molecular formula is C29H24N6O2. The minimum atomic E-state index is -0.201. The van der Waals surface area contributed by atoms with E-state index in [-0.39, 0.29) is 11.6 Å². The molecule has 6 aromatic rings. The van der Waals surface area contributed by atoms with Crippen LogP contribution in [0.4, 0.5) is 0 Å². The number of nitrogens with two attached hydrogens (primary N) is 1. The number of aromatic nitrogens is 5. The van der Waals surface area contributed by atoms with E-state index < -0.39 is 0 Å². The summed E-state index contributed by atoms with van der Waals surface area (Å²) in [4.78, 5) is 24.5. The van der Waals surface area contributed by atoms with Crippen LogP contribution in [0.15, 0.2) is 96.1 Å². The van der Waals surface area contributed by atoms with Crippen molar-refractivity contribution in [2.24, 2.45) is 5.73 Å². The first-order valence-corrected chi connectivity index (χ1v) is 12.0. The second-order valence-electron chi connectivity index (χ2n) is 8.93. The van der Waals surface area contributed by atoms with E-state index in [0.717, 1.165) is 28.5 Å². The Hall–Kier alpha value is -4.82. The number of rotatable bonds is 7. The average Bonchev–Trinajstić information content (AvgIpc) is 3.36. The van der Waals surface area contributed by atoms with E-state index >= 15 is 0 Å². The van der Waals surface area contributed by atoms with Crippen LogP contribution >= 0.6 is 0 Å². The third kappa shape index (κ3) is 4.70. The minimum Gasteiger partial charge on any atom is -0.490 e. The van der Waals surface area contributed by atoms with Crippen molar-refractivity contribution < 1.29 is 4.74 Å². The molecule has 3 aromatic heterocycles. The predicted octanol–water partition coefficient (Wildman–Crippen LogP) is 4.48. The highest BCUT2D eigenvalue weighted by Gasteiger charge is 2.14. The van der Waals surface area contributed by atoms with Gasteiger partial charge in [-0.15, -0.1) is 0 Å². The summed E-state index contributed by atoms with van der Waals surface area (Å²) in [6.45, 7) is 0.381. The van der Waals surface area contributed by atoms with Gasteiger partial charge in [-0.1, -0.05) is 48.5 Å². The summed E-state index contributed by atoms with van der Waals surface area (Å²) in [6, 6.07) is 25.1. The van der Waals surface area contributed by atoms with Gasteiger partial charge in [0.15, 0.2) is 5.82 Å². The SMILES string of the molecule is N[C@H](COc1cncc(-c2ccc3[nH]nc(-c4nc5ccccc5c(=O)[nH]4)c3c2)c1)Cc1ccccc1. The van der Waals surface area contributed by atoms with Crippen molar-refractivity contribution in [1.82, 2.24) is 25.1 Å². The lowest BCUT2D eigenvalue weighted by Crippen LogP contribution is -2.30. The van der Waals surface area contributed by atoms with Gasteiger partial charge in [-0.3, -0.25) is 14.9 Å². The molecule has 0 aliphatic heterocycles. The lowest BCUT2D eigenvalue weighted by atomic mass is 10.0. The quantitative estimate of drug-likeness (QED) is 0.305. The average molecular weight is 489 g/mol. The molecule has 0 unspecified atom stereocenters. The number of hydrogen-bond donors (Lipinski definition) is 3. The van der Waals surface area contributed by atoms with E-state index in [2.05, 4.69) is 37.3 Å². The molecular weight excluding hydrogens is 464 g/mol. The van der Waals surface area contributed by atoms with Gasteiger partial charge in [0.1, 0.15) is 18.1 Å². The van der Waals surface area contributed by atoms with E-state index in [4.69, 9.17) is 10.5 Å². The molecule has 0 aliphatic carbocycles. The number of pyridine rings is 1. The van der Waals surface area contributed by atoms with Crippen LogP contribution in [0, 0.1) is 0 Å². The number of H-pyrrole nitrogens is 2. The summed E-state index contributed by atoms with van der Waals surface area (Å²) >= 11 is 0. The summed E-state index contributed by atoms with van der Waals surface area (Å²) in [5, 5.41) is 8.85. The lowest BCUT2D eigenvalue weighted by molar-refractivity contribution is 0.286. The number of aromatic amines is 2. The van der Waals surface area contributed by atoms with Gasteiger partial charge in [0.2, 0.25) is 0 Å². The van der Waals surface area contributed by atoms with Crippen molar-refractivity contribution in [3.63, 3.8) is 0 Å². The van der Waals surface area contributed by atoms with Crippen LogP contribution in [0.3, 0.4) is 0 Å². The normalized spacial score (nSPS) is 12.1. The molecule has 3 heterocycles. The minimum absolute atomic E-state index is 0.132. The van der Waals surface area contributed by atoms with Gasteiger partial charge >= 0.3 is 0 Å². The van der Waals surface area contributed by atoms with Gasteiger partial charge in [-0.05, 0) is 47.9 Å². The van der Waals surface area contributed by atoms with Gasteiger partial charge in [-0.25, -0.2) is 4.98 Å². The monoisotopic (exact) mass is 488 g/mol. The maximum atomic E-state index is 12.6. The summed E-state index contributed by atoms with van der Waals surface area (Å²) in [5.41, 5.74) is 11.1. The third-order valence-electron chi connectivity index (χ3n) is 6.25. The van der Waals surface area contributed by atoms with Crippen molar-refractivity contribution in [3.8, 4) is 28.4 Å². The number of ether oxygens (including phenoxy) is 1. The highest BCUT2D eigenvalue weighted by molar-refractivity contribution is 5.95. The Kier molecular flexibility index (Phi) is 5.92. The molecule has 4 N–H and O–H groups in total. The number of hydrogen-bond acceptors (Lipinski definition) is 6. The van der Waals surface area contributed by atoms with Crippen molar-refractivity contribution in [2.75, 3.05) is 6.61 Å². The second kappa shape index (κ2) is 9.67. The number of benzene rings is 3. The first kappa shape index (κ1) is 22.6. The van der Waals surface area contributed by atoms with Gasteiger partial charge < -0.3 is 15.5 Å². The van der Waals surface area contributed by atoms with Crippen LogP contribution < -0.4 is 16.0 Å². The van der Waals surface area contributed by atoms with Crippen molar-refractivity contribution in [2.45, 2.75) is 12.5 Å². The molecule has 3 aromatic carbocycles. The summed E-state index contributed by atoms with van der Waals surface area (Å²) < 4.78 is 5.97. The standard InChI is InChI=1S/C29H24N6O2/c30-21(12-18-6-2-1-3-7-18)17-37-22-13-20(15-31-16-22)19-10-11-26-24(14-19)27(35-34-26)28-32-25-9-5-4-8-23(25)29(36)33-28/h1-11,13-16,21H,12,17,30H2,(H,34,35)(H,32,33,36)/t21-/m0/s1. The Balaban J connectivity index is 1.27. The largest absolute Gasteiger partial charge is 0.490 e. The third-order valence-corrected chi connectivity index (χ3v) is 6.25. The molecule has 6 rings (SSSR count). The van der Waals surface area contributed by atoms with E-state index in [1.165, 1.54) is 5.56 Å². The topological polar surface area (TPSA) is 123 Å². The Morgan fingerprint density at radius 3 is 2.62 bits per heavy atom. The first-order chi connectivity index (χ1) is 18.1. The molecule has 0 aliphatic rings. The van der Waals surface area contributed by atoms with E-state index in [1.807, 2.05) is 60.7 Å². The molecule has 1 atom stereocenters. The van der Waals surface area contributed by atoms with Crippen molar-refractivity contribution >= 4 is 21.8 Å². The van der Waals surface area contributed by atoms with E-state index in [0.29, 0.717) is 34.8 Å². The zero-order valence-electron chi connectivity index (χ0n) is 19.9. The van der Waals surface area contributed by atoms with Crippen LogP contribution in [-0.2, 0) is 6.42 Å². The first-order valence-electron chi connectivity index (χ1n) is 12.0. The maximum absolute atomic E-state index is 12.6. The van der Waals surface area contributed by atoms with Crippen molar-refractivity contribution in [1.29, 1.82) is 0 Å². The van der Waals surface area contributed by atoms with Gasteiger partial charge in [0.05, 0.1) is 22.6 Å². The zero-order valence-corrected chi connectivity index (χ0v) is 19.9. The molecule has 0 saturated heterocycles. The highest BCUT2D eigenvalue weighted by Crippen LogP contribution is 2.30. The summed E-state index contributed by atoms with van der Waals surface area (Å²) in [5.74, 6) is 1.06. The lowest BCUT2D eigenvalue weighted by Gasteiger charge is -2.14. The Morgan fingerprint density at radius 1 is 0.892 bits per heavy atom.